The van der Waals surface area contributed by atoms with Gasteiger partial charge in [-0.15, -0.1) is 0 Å². The lowest BCUT2D eigenvalue weighted by atomic mass is 9.92. The molecule has 2 aromatic heterocycles. The molecule has 0 spiro atoms. The highest BCUT2D eigenvalue weighted by Gasteiger charge is 2.17. The maximum Gasteiger partial charge on any atom is 0.370 e. The van der Waals surface area contributed by atoms with Crippen molar-refractivity contribution in [2.24, 2.45) is 7.05 Å². The Bertz CT molecular complexity index is 887. The first-order chi connectivity index (χ1) is 10.3. The molecule has 0 fully saturated rings. The Hall–Kier alpha value is -2.68. The second kappa shape index (κ2) is 4.70. The molecule has 21 heavy (non-hydrogen) atoms. The van der Waals surface area contributed by atoms with E-state index in [4.69, 9.17) is 4.42 Å². The van der Waals surface area contributed by atoms with Crippen LogP contribution in [-0.2, 0) is 13.5 Å². The summed E-state index contributed by atoms with van der Waals surface area (Å²) in [5.74, 6) is 0.642. The first-order valence-corrected chi connectivity index (χ1v) is 7.03. The fourth-order valence-electron chi connectivity index (χ4n) is 2.74. The number of pyridine rings is 1. The van der Waals surface area contributed by atoms with Crippen LogP contribution in [0.3, 0.4) is 0 Å². The van der Waals surface area contributed by atoms with Crippen LogP contribution >= 0.6 is 0 Å². The molecule has 3 nitrogen and oxygen atoms in total. The van der Waals surface area contributed by atoms with Crippen LogP contribution in [0.25, 0.3) is 22.9 Å². The molecular weight excluding hydrogens is 260 g/mol. The Labute approximate surface area is 122 Å². The van der Waals surface area contributed by atoms with Gasteiger partial charge in [0.2, 0.25) is 5.58 Å². The molecule has 0 aliphatic heterocycles. The average Bonchev–Trinajstić information content (AvgIpc) is 2.92. The van der Waals surface area contributed by atoms with E-state index in [0.29, 0.717) is 5.89 Å². The quantitative estimate of drug-likeness (QED) is 0.638. The fraction of sp³-hybridized carbons (Fsp3) is 0.111. The lowest BCUT2D eigenvalue weighted by Gasteiger charge is -2.12. The highest BCUT2D eigenvalue weighted by molar-refractivity contribution is 5.89. The van der Waals surface area contributed by atoms with Crippen LogP contribution in [0, 0.1) is 0 Å². The molecule has 1 aromatic carbocycles. The Morgan fingerprint density at radius 2 is 2.10 bits per heavy atom. The minimum absolute atomic E-state index is 0.642. The van der Waals surface area contributed by atoms with E-state index in [0.717, 1.165) is 23.2 Å². The first kappa shape index (κ1) is 12.1. The van der Waals surface area contributed by atoms with E-state index in [1.807, 2.05) is 36.0 Å². The van der Waals surface area contributed by atoms with Crippen molar-refractivity contribution in [3.63, 3.8) is 0 Å². The van der Waals surface area contributed by atoms with Crippen molar-refractivity contribution in [1.82, 2.24) is 4.98 Å². The zero-order chi connectivity index (χ0) is 14.2. The van der Waals surface area contributed by atoms with Crippen molar-refractivity contribution < 1.29 is 8.98 Å². The van der Waals surface area contributed by atoms with Gasteiger partial charge in [0.1, 0.15) is 0 Å². The Kier molecular flexibility index (Phi) is 2.71. The molecule has 1 aliphatic rings. The molecule has 4 rings (SSSR count). The van der Waals surface area contributed by atoms with E-state index in [9.17, 15) is 0 Å². The fourth-order valence-corrected chi connectivity index (χ4v) is 2.74. The topological polar surface area (TPSA) is 29.9 Å². The molecule has 3 aromatic rings. The number of fused-ring (bicyclic) bond motifs is 2. The largest absolute Gasteiger partial charge is 0.411 e. The SMILES string of the molecule is C[n+]1cccc2oc(C=C3C=CCc4ccccc43)nc21. The lowest BCUT2D eigenvalue weighted by molar-refractivity contribution is -0.646. The van der Waals surface area contributed by atoms with Crippen molar-refractivity contribution in [2.75, 3.05) is 0 Å². The van der Waals surface area contributed by atoms with Crippen molar-refractivity contribution in [3.05, 3.63) is 71.8 Å². The van der Waals surface area contributed by atoms with Gasteiger partial charge in [-0.1, -0.05) is 36.4 Å². The van der Waals surface area contributed by atoms with E-state index >= 15 is 0 Å². The monoisotopic (exact) mass is 275 g/mol. The van der Waals surface area contributed by atoms with Crippen LogP contribution in [0.4, 0.5) is 0 Å². The summed E-state index contributed by atoms with van der Waals surface area (Å²) in [5.41, 5.74) is 5.41. The van der Waals surface area contributed by atoms with Crippen LogP contribution in [0.15, 0.2) is 59.2 Å². The number of hydrogen-bond donors (Lipinski definition) is 0. The van der Waals surface area contributed by atoms with Gasteiger partial charge in [0.05, 0.1) is 13.2 Å². The third kappa shape index (κ3) is 2.07. The minimum Gasteiger partial charge on any atom is -0.411 e. The van der Waals surface area contributed by atoms with Gasteiger partial charge in [0.15, 0.2) is 0 Å². The Morgan fingerprint density at radius 3 is 3.00 bits per heavy atom. The summed E-state index contributed by atoms with van der Waals surface area (Å²) >= 11 is 0. The van der Waals surface area contributed by atoms with E-state index < -0.39 is 0 Å². The van der Waals surface area contributed by atoms with Gasteiger partial charge >= 0.3 is 11.5 Å². The third-order valence-electron chi connectivity index (χ3n) is 3.78. The van der Waals surface area contributed by atoms with Gasteiger partial charge in [0, 0.05) is 11.1 Å². The zero-order valence-electron chi connectivity index (χ0n) is 11.8. The zero-order valence-corrected chi connectivity index (χ0v) is 11.8. The van der Waals surface area contributed by atoms with Crippen LogP contribution in [0.1, 0.15) is 17.0 Å². The van der Waals surface area contributed by atoms with Gasteiger partial charge in [-0.25, -0.2) is 4.57 Å². The predicted octanol–water partition coefficient (Wildman–Crippen LogP) is 3.31. The molecule has 102 valence electrons. The van der Waals surface area contributed by atoms with Gasteiger partial charge in [-0.05, 0) is 35.3 Å². The van der Waals surface area contributed by atoms with Crippen LogP contribution in [0.2, 0.25) is 0 Å². The van der Waals surface area contributed by atoms with Gasteiger partial charge < -0.3 is 4.42 Å². The number of aryl methyl sites for hydroxylation is 1. The number of oxazole rings is 1. The molecule has 0 unspecified atom stereocenters. The van der Waals surface area contributed by atoms with Crippen molar-refractivity contribution in [1.29, 1.82) is 0 Å². The second-order valence-corrected chi connectivity index (χ2v) is 5.22. The van der Waals surface area contributed by atoms with Crippen LogP contribution in [0.5, 0.6) is 0 Å². The number of nitrogens with zero attached hydrogens (tertiary/aromatic N) is 2. The van der Waals surface area contributed by atoms with E-state index in [2.05, 4.69) is 41.4 Å². The summed E-state index contributed by atoms with van der Waals surface area (Å²) in [6.45, 7) is 0. The van der Waals surface area contributed by atoms with Gasteiger partial charge in [0.25, 0.3) is 0 Å². The molecule has 0 atom stereocenters. The molecule has 2 heterocycles. The number of aromatic nitrogens is 2. The first-order valence-electron chi connectivity index (χ1n) is 7.03. The summed E-state index contributed by atoms with van der Waals surface area (Å²) in [5, 5.41) is 0. The molecule has 0 N–H and O–H groups in total. The van der Waals surface area contributed by atoms with E-state index in [1.165, 1.54) is 11.1 Å². The number of allylic oxidation sites excluding steroid dienone is 3. The number of benzene rings is 1. The average molecular weight is 275 g/mol. The third-order valence-corrected chi connectivity index (χ3v) is 3.78. The summed E-state index contributed by atoms with van der Waals surface area (Å²) in [6, 6.07) is 12.4. The highest BCUT2D eigenvalue weighted by atomic mass is 16.3. The van der Waals surface area contributed by atoms with E-state index in [-0.39, 0.29) is 0 Å². The number of hydrogen-bond acceptors (Lipinski definition) is 2. The van der Waals surface area contributed by atoms with Crippen molar-refractivity contribution >= 4 is 22.9 Å². The second-order valence-electron chi connectivity index (χ2n) is 5.22. The molecule has 0 saturated heterocycles. The maximum absolute atomic E-state index is 5.82. The predicted molar refractivity (Wildman–Crippen MR) is 82.3 cm³/mol. The summed E-state index contributed by atoms with van der Waals surface area (Å²) < 4.78 is 7.79. The smallest absolute Gasteiger partial charge is 0.370 e. The standard InChI is InChI=1S/C18H15N2O/c1-20-11-5-10-16-18(20)19-17(21-16)12-14-8-4-7-13-6-2-3-9-15(13)14/h2-6,8-12H,7H2,1H3/q+1. The van der Waals surface area contributed by atoms with Crippen LogP contribution < -0.4 is 4.57 Å². The number of rotatable bonds is 1. The summed E-state index contributed by atoms with van der Waals surface area (Å²) in [6.07, 6.45) is 9.27. The molecule has 0 bridgehead atoms. The summed E-state index contributed by atoms with van der Waals surface area (Å²) in [7, 11) is 1.97. The van der Waals surface area contributed by atoms with Crippen LogP contribution in [-0.4, -0.2) is 4.98 Å². The van der Waals surface area contributed by atoms with Crippen molar-refractivity contribution in [2.45, 2.75) is 6.42 Å². The van der Waals surface area contributed by atoms with Gasteiger partial charge in [-0.3, -0.25) is 0 Å². The molecular formula is C18H15N2O+. The molecule has 1 aliphatic carbocycles. The Balaban J connectivity index is 1.84. The van der Waals surface area contributed by atoms with Gasteiger partial charge in [-0.2, -0.15) is 0 Å². The van der Waals surface area contributed by atoms with E-state index in [1.54, 1.807) is 0 Å². The lowest BCUT2D eigenvalue weighted by Crippen LogP contribution is -2.28. The Morgan fingerprint density at radius 1 is 1.19 bits per heavy atom. The summed E-state index contributed by atoms with van der Waals surface area (Å²) in [4.78, 5) is 4.57. The molecule has 3 heteroatoms. The molecule has 0 radical (unpaired) electrons. The minimum atomic E-state index is 0.642. The molecule has 0 amide bonds. The maximum atomic E-state index is 5.82. The van der Waals surface area contributed by atoms with Crippen molar-refractivity contribution in [3.8, 4) is 0 Å². The molecule has 0 saturated carbocycles. The normalized spacial score (nSPS) is 15.6. The highest BCUT2D eigenvalue weighted by Crippen LogP contribution is 2.28.